The van der Waals surface area contributed by atoms with Crippen molar-refractivity contribution < 1.29 is 19.0 Å². The molecule has 8 nitrogen and oxygen atoms in total. The third-order valence-corrected chi connectivity index (χ3v) is 7.02. The highest BCUT2D eigenvalue weighted by Gasteiger charge is 2.44. The van der Waals surface area contributed by atoms with Gasteiger partial charge >= 0.3 is 0 Å². The van der Waals surface area contributed by atoms with Gasteiger partial charge in [-0.2, -0.15) is 5.10 Å². The number of likely N-dealkylation sites (tertiary alicyclic amines) is 1. The van der Waals surface area contributed by atoms with Crippen LogP contribution in [-0.4, -0.2) is 72.7 Å². The molecule has 2 N–H and O–H groups in total. The summed E-state index contributed by atoms with van der Waals surface area (Å²) in [6.07, 6.45) is -0.394. The molecule has 2 atom stereocenters. The maximum Gasteiger partial charge on any atom is 0.262 e. The monoisotopic (exact) mass is 467 g/mol. The molecule has 9 heteroatoms. The third kappa shape index (κ3) is 3.69. The summed E-state index contributed by atoms with van der Waals surface area (Å²) in [5, 5.41) is 13.9. The average Bonchev–Trinajstić information content (AvgIpc) is 2.78. The second kappa shape index (κ2) is 8.25. The van der Waals surface area contributed by atoms with Gasteiger partial charge in [0, 0.05) is 43.5 Å². The fourth-order valence-electron chi connectivity index (χ4n) is 5.16. The van der Waals surface area contributed by atoms with Gasteiger partial charge in [-0.25, -0.2) is 9.82 Å². The lowest BCUT2D eigenvalue weighted by molar-refractivity contribution is -0.122. The van der Waals surface area contributed by atoms with Gasteiger partial charge in [0.25, 0.3) is 5.91 Å². The van der Waals surface area contributed by atoms with Crippen LogP contribution in [0.5, 0.6) is 5.75 Å². The van der Waals surface area contributed by atoms with Gasteiger partial charge in [0.1, 0.15) is 24.2 Å². The molecule has 5 rings (SSSR count). The van der Waals surface area contributed by atoms with Gasteiger partial charge in [-0.15, -0.1) is 0 Å². The SMILES string of the molecule is CC(O)CN1CC(C)(N(C)c2cc3c(cc2-c2ccccc2F)OCC2=NNC(=O)[C@@H](C)N23)C1. The van der Waals surface area contributed by atoms with E-state index in [0.29, 0.717) is 23.7 Å². The van der Waals surface area contributed by atoms with Crippen LogP contribution in [0.2, 0.25) is 0 Å². The Morgan fingerprint density at radius 2 is 2.06 bits per heavy atom. The van der Waals surface area contributed by atoms with Crippen molar-refractivity contribution in [1.82, 2.24) is 10.3 Å². The molecule has 1 saturated heterocycles. The molecule has 0 bridgehead atoms. The van der Waals surface area contributed by atoms with E-state index in [4.69, 9.17) is 4.74 Å². The van der Waals surface area contributed by atoms with Crippen molar-refractivity contribution in [2.24, 2.45) is 5.10 Å². The predicted molar refractivity (Wildman–Crippen MR) is 130 cm³/mol. The molecule has 1 amide bonds. The molecule has 3 aliphatic rings. The number of hydrogen-bond acceptors (Lipinski definition) is 7. The molecule has 0 radical (unpaired) electrons. The summed E-state index contributed by atoms with van der Waals surface area (Å²) in [6, 6.07) is 10.1. The van der Waals surface area contributed by atoms with Crippen molar-refractivity contribution in [3.63, 3.8) is 0 Å². The Kier molecular flexibility index (Phi) is 5.49. The van der Waals surface area contributed by atoms with Crippen LogP contribution in [0.3, 0.4) is 0 Å². The number of ether oxygens (including phenoxy) is 1. The highest BCUT2D eigenvalue weighted by molar-refractivity contribution is 6.10. The number of aliphatic hydroxyl groups is 1. The van der Waals surface area contributed by atoms with Crippen molar-refractivity contribution in [2.75, 3.05) is 43.1 Å². The normalized spacial score (nSPS) is 21.9. The summed E-state index contributed by atoms with van der Waals surface area (Å²) in [5.41, 5.74) is 5.13. The van der Waals surface area contributed by atoms with Gasteiger partial charge in [0.2, 0.25) is 0 Å². The van der Waals surface area contributed by atoms with Crippen LogP contribution < -0.4 is 20.0 Å². The van der Waals surface area contributed by atoms with Crippen LogP contribution in [0.15, 0.2) is 41.5 Å². The number of carbonyl (C=O) groups excluding carboxylic acids is 1. The molecule has 34 heavy (non-hydrogen) atoms. The first kappa shape index (κ1) is 22.6. The van der Waals surface area contributed by atoms with Gasteiger partial charge in [-0.1, -0.05) is 18.2 Å². The molecular weight excluding hydrogens is 437 g/mol. The van der Waals surface area contributed by atoms with E-state index in [9.17, 15) is 14.3 Å². The largest absolute Gasteiger partial charge is 0.483 e. The number of carbonyl (C=O) groups is 1. The van der Waals surface area contributed by atoms with E-state index in [0.717, 1.165) is 30.0 Å². The number of halogens is 1. The summed E-state index contributed by atoms with van der Waals surface area (Å²) in [7, 11) is 2.01. The van der Waals surface area contributed by atoms with E-state index in [-0.39, 0.29) is 23.9 Å². The summed E-state index contributed by atoms with van der Waals surface area (Å²) in [4.78, 5) is 18.6. The molecule has 0 spiro atoms. The minimum atomic E-state index is -0.451. The summed E-state index contributed by atoms with van der Waals surface area (Å²) in [5.74, 6) is 0.718. The number of likely N-dealkylation sites (N-methyl/N-ethyl adjacent to an activating group) is 1. The summed E-state index contributed by atoms with van der Waals surface area (Å²) in [6.45, 7) is 8.15. The molecule has 1 unspecified atom stereocenters. The molecule has 180 valence electrons. The van der Waals surface area contributed by atoms with Crippen molar-refractivity contribution in [2.45, 2.75) is 38.5 Å². The lowest BCUT2D eigenvalue weighted by Gasteiger charge is -2.54. The molecule has 3 heterocycles. The molecule has 2 aromatic rings. The predicted octanol–water partition coefficient (Wildman–Crippen LogP) is 2.41. The minimum absolute atomic E-state index is 0.190. The molecule has 0 aromatic heterocycles. The van der Waals surface area contributed by atoms with Crippen LogP contribution in [-0.2, 0) is 4.79 Å². The Hall–Kier alpha value is -3.17. The van der Waals surface area contributed by atoms with Crippen LogP contribution in [0.25, 0.3) is 11.1 Å². The molecule has 1 fully saturated rings. The van der Waals surface area contributed by atoms with Crippen LogP contribution >= 0.6 is 0 Å². The van der Waals surface area contributed by atoms with E-state index in [2.05, 4.69) is 27.3 Å². The van der Waals surface area contributed by atoms with Gasteiger partial charge in [-0.05, 0) is 39.0 Å². The second-order valence-electron chi connectivity index (χ2n) is 9.73. The zero-order chi connectivity index (χ0) is 24.2. The molecule has 2 aromatic carbocycles. The van der Waals surface area contributed by atoms with E-state index >= 15 is 0 Å². The number of β-amino-alcohol motifs (C(OH)–C–C–N with tert-alkyl or cyclic N) is 1. The number of nitrogens with one attached hydrogen (secondary N) is 1. The maximum absolute atomic E-state index is 15.0. The van der Waals surface area contributed by atoms with Crippen molar-refractivity contribution >= 4 is 23.1 Å². The Balaban J connectivity index is 1.61. The number of nitrogens with zero attached hydrogens (tertiary/aromatic N) is 4. The first-order valence-electron chi connectivity index (χ1n) is 11.5. The van der Waals surface area contributed by atoms with E-state index in [1.165, 1.54) is 6.07 Å². The minimum Gasteiger partial charge on any atom is -0.483 e. The summed E-state index contributed by atoms with van der Waals surface area (Å²) < 4.78 is 21.0. The number of hydrazone groups is 1. The highest BCUT2D eigenvalue weighted by atomic mass is 19.1. The average molecular weight is 468 g/mol. The van der Waals surface area contributed by atoms with Gasteiger partial charge in [-0.3, -0.25) is 9.69 Å². The number of benzene rings is 2. The van der Waals surface area contributed by atoms with Crippen molar-refractivity contribution in [1.29, 1.82) is 0 Å². The lowest BCUT2D eigenvalue weighted by Crippen LogP contribution is -2.68. The topological polar surface area (TPSA) is 80.6 Å². The maximum atomic E-state index is 15.0. The van der Waals surface area contributed by atoms with Gasteiger partial charge in [0.15, 0.2) is 5.84 Å². The Bertz CT molecular complexity index is 1160. The quantitative estimate of drug-likeness (QED) is 0.703. The first-order chi connectivity index (χ1) is 16.2. The number of amidine groups is 1. The summed E-state index contributed by atoms with van der Waals surface area (Å²) >= 11 is 0. The zero-order valence-corrected chi connectivity index (χ0v) is 19.9. The first-order valence-corrected chi connectivity index (χ1v) is 11.5. The Morgan fingerprint density at radius 1 is 1.32 bits per heavy atom. The van der Waals surface area contributed by atoms with Gasteiger partial charge < -0.3 is 19.6 Å². The molecule has 3 aliphatic heterocycles. The number of rotatable bonds is 5. The van der Waals surface area contributed by atoms with Crippen molar-refractivity contribution in [3.05, 3.63) is 42.2 Å². The van der Waals surface area contributed by atoms with E-state index in [1.807, 2.05) is 37.1 Å². The van der Waals surface area contributed by atoms with Crippen molar-refractivity contribution in [3.8, 4) is 16.9 Å². The van der Waals surface area contributed by atoms with Crippen LogP contribution in [0.4, 0.5) is 15.8 Å². The number of hydrogen-bond donors (Lipinski definition) is 2. The molecular formula is C25H30FN5O3. The molecule has 0 saturated carbocycles. The number of anilines is 2. The van der Waals surface area contributed by atoms with E-state index in [1.54, 1.807) is 19.1 Å². The lowest BCUT2D eigenvalue weighted by atomic mass is 9.88. The second-order valence-corrected chi connectivity index (χ2v) is 9.73. The Labute approximate surface area is 198 Å². The standard InChI is InChI=1S/C25H30FN5O3/c1-15(32)11-30-13-25(3,14-30)29(4)20-10-21-22(9-18(20)17-7-5-6-8-19(17)26)34-12-23-27-28-24(33)16(2)31(21)23/h5-10,15-16,32H,11-14H2,1-4H3,(H,28,33)/t15?,16-/m1/s1. The van der Waals surface area contributed by atoms with Gasteiger partial charge in [0.05, 0.1) is 17.3 Å². The van der Waals surface area contributed by atoms with Crippen LogP contribution in [0, 0.1) is 5.82 Å². The fourth-order valence-corrected chi connectivity index (χ4v) is 5.16. The van der Waals surface area contributed by atoms with E-state index < -0.39 is 12.1 Å². The number of fused-ring (bicyclic) bond motifs is 3. The zero-order valence-electron chi connectivity index (χ0n) is 19.9. The number of amides is 1. The Morgan fingerprint density at radius 3 is 2.76 bits per heavy atom. The third-order valence-electron chi connectivity index (χ3n) is 7.02. The smallest absolute Gasteiger partial charge is 0.262 e. The molecule has 0 aliphatic carbocycles. The van der Waals surface area contributed by atoms with Crippen LogP contribution in [0.1, 0.15) is 20.8 Å². The fraction of sp³-hybridized carbons (Fsp3) is 0.440. The highest BCUT2D eigenvalue weighted by Crippen LogP contribution is 2.46. The number of aliphatic hydroxyl groups excluding tert-OH is 1.